The number of sulfone groups is 1. The number of ether oxygens (including phenoxy) is 1. The predicted molar refractivity (Wildman–Crippen MR) is 60.1 cm³/mol. The molecule has 1 rings (SSSR count). The lowest BCUT2D eigenvalue weighted by Gasteiger charge is -2.21. The van der Waals surface area contributed by atoms with Gasteiger partial charge in [-0.1, -0.05) is 12.1 Å². The molecule has 0 aliphatic carbocycles. The molecule has 0 saturated heterocycles. The molecule has 0 amide bonds. The smallest absolute Gasteiger partial charge is 0.404 e. The van der Waals surface area contributed by atoms with Gasteiger partial charge in [0.2, 0.25) is 0 Å². The van der Waals surface area contributed by atoms with Gasteiger partial charge >= 0.3 is 6.36 Å². The fraction of sp³-hybridized carbons (Fsp3) is 0.455. The number of hydrogen-bond donors (Lipinski definition) is 0. The van der Waals surface area contributed by atoms with Crippen LogP contribution in [0.3, 0.4) is 0 Å². The van der Waals surface area contributed by atoms with Gasteiger partial charge in [0.25, 0.3) is 0 Å². The highest BCUT2D eigenvalue weighted by Gasteiger charge is 2.37. The quantitative estimate of drug-likeness (QED) is 0.837. The molecule has 0 saturated carbocycles. The fourth-order valence-corrected chi connectivity index (χ4v) is 2.50. The molecule has 3 nitrogen and oxygen atoms in total. The second-order valence-corrected chi connectivity index (χ2v) is 7.28. The predicted octanol–water partition coefficient (Wildman–Crippen LogP) is 3.16. The maximum Gasteiger partial charge on any atom is 0.573 e. The van der Waals surface area contributed by atoms with E-state index in [1.54, 1.807) is 0 Å². The Morgan fingerprint density at radius 3 is 2.00 bits per heavy atom. The lowest BCUT2D eigenvalue weighted by atomic mass is 10.3. The number of hydrogen-bond acceptors (Lipinski definition) is 3. The van der Waals surface area contributed by atoms with Gasteiger partial charge in [0.15, 0.2) is 9.84 Å². The monoisotopic (exact) mass is 282 g/mol. The summed E-state index contributed by atoms with van der Waals surface area (Å²) in [4.78, 5) is -0.463. The molecule has 1 aromatic rings. The van der Waals surface area contributed by atoms with Gasteiger partial charge in [0.1, 0.15) is 10.6 Å². The van der Waals surface area contributed by atoms with Gasteiger partial charge in [0.05, 0.1) is 4.75 Å². The number of para-hydroxylation sites is 1. The van der Waals surface area contributed by atoms with Crippen molar-refractivity contribution in [3.63, 3.8) is 0 Å². The van der Waals surface area contributed by atoms with Gasteiger partial charge < -0.3 is 4.74 Å². The first-order valence-corrected chi connectivity index (χ1v) is 6.53. The summed E-state index contributed by atoms with van der Waals surface area (Å²) in [6.07, 6.45) is -4.93. The molecule has 0 radical (unpaired) electrons. The Balaban J connectivity index is 3.36. The number of halogens is 3. The topological polar surface area (TPSA) is 43.4 Å². The summed E-state index contributed by atoms with van der Waals surface area (Å²) in [6, 6.07) is 4.71. The minimum Gasteiger partial charge on any atom is -0.404 e. The molecule has 1 aromatic carbocycles. The fourth-order valence-electron chi connectivity index (χ4n) is 1.21. The molecular weight excluding hydrogens is 269 g/mol. The van der Waals surface area contributed by atoms with Crippen LogP contribution in [0.1, 0.15) is 20.8 Å². The summed E-state index contributed by atoms with van der Waals surface area (Å²) >= 11 is 0. The van der Waals surface area contributed by atoms with Crippen LogP contribution in [0.5, 0.6) is 5.75 Å². The van der Waals surface area contributed by atoms with Gasteiger partial charge in [0, 0.05) is 0 Å². The highest BCUT2D eigenvalue weighted by atomic mass is 32.2. The summed E-state index contributed by atoms with van der Waals surface area (Å²) in [7, 11) is -3.90. The van der Waals surface area contributed by atoms with Crippen molar-refractivity contribution in [1.82, 2.24) is 0 Å². The zero-order valence-electron chi connectivity index (χ0n) is 10.1. The molecule has 102 valence electrons. The molecule has 18 heavy (non-hydrogen) atoms. The second-order valence-electron chi connectivity index (χ2n) is 4.61. The molecular formula is C11H13F3O3S. The standard InChI is InChI=1S/C11H13F3O3S/c1-10(2,3)18(15,16)9-7-5-4-6-8(9)17-11(12,13)14/h4-7H,1-3H3. The van der Waals surface area contributed by atoms with Gasteiger partial charge in [-0.2, -0.15) is 0 Å². The first-order valence-electron chi connectivity index (χ1n) is 5.04. The maximum atomic E-state index is 12.2. The lowest BCUT2D eigenvalue weighted by Crippen LogP contribution is -2.29. The van der Waals surface area contributed by atoms with E-state index in [-0.39, 0.29) is 0 Å². The zero-order chi connectivity index (χ0) is 14.2. The Kier molecular flexibility index (Phi) is 3.67. The minimum absolute atomic E-state index is 0.463. The van der Waals surface area contributed by atoms with Crippen LogP contribution < -0.4 is 4.74 Å². The third-order valence-corrected chi connectivity index (χ3v) is 4.70. The van der Waals surface area contributed by atoms with E-state index in [1.165, 1.54) is 32.9 Å². The molecule has 0 fully saturated rings. The van der Waals surface area contributed by atoms with Crippen LogP contribution in [-0.2, 0) is 9.84 Å². The van der Waals surface area contributed by atoms with E-state index < -0.39 is 31.6 Å². The molecule has 0 aliphatic rings. The van der Waals surface area contributed by atoms with Crippen LogP contribution in [0.4, 0.5) is 13.2 Å². The van der Waals surface area contributed by atoms with Crippen molar-refractivity contribution in [3.8, 4) is 5.75 Å². The van der Waals surface area contributed by atoms with Crippen LogP contribution in [0, 0.1) is 0 Å². The van der Waals surface area contributed by atoms with Gasteiger partial charge in [-0.25, -0.2) is 8.42 Å². The van der Waals surface area contributed by atoms with E-state index in [0.717, 1.165) is 12.1 Å². The Morgan fingerprint density at radius 1 is 1.06 bits per heavy atom. The summed E-state index contributed by atoms with van der Waals surface area (Å²) in [5, 5.41) is 0. The Labute approximate surface area is 103 Å². The molecule has 0 bridgehead atoms. The average Bonchev–Trinajstić information content (AvgIpc) is 2.13. The van der Waals surface area contributed by atoms with Crippen molar-refractivity contribution in [2.75, 3.05) is 0 Å². The van der Waals surface area contributed by atoms with Crippen molar-refractivity contribution in [3.05, 3.63) is 24.3 Å². The number of benzene rings is 1. The van der Waals surface area contributed by atoms with Crippen molar-refractivity contribution in [2.24, 2.45) is 0 Å². The number of alkyl halides is 3. The molecule has 0 atom stereocenters. The Morgan fingerprint density at radius 2 is 1.56 bits per heavy atom. The summed E-state index contributed by atoms with van der Waals surface area (Å²) in [5.41, 5.74) is 0. The normalized spacial score (nSPS) is 13.4. The van der Waals surface area contributed by atoms with Crippen molar-refractivity contribution >= 4 is 9.84 Å². The van der Waals surface area contributed by atoms with E-state index in [9.17, 15) is 21.6 Å². The highest BCUT2D eigenvalue weighted by molar-refractivity contribution is 7.92. The van der Waals surface area contributed by atoms with E-state index in [2.05, 4.69) is 4.74 Å². The molecule has 7 heteroatoms. The van der Waals surface area contributed by atoms with Crippen molar-refractivity contribution < 1.29 is 26.3 Å². The van der Waals surface area contributed by atoms with Gasteiger partial charge in [-0.05, 0) is 32.9 Å². The van der Waals surface area contributed by atoms with Gasteiger partial charge in [-0.15, -0.1) is 13.2 Å². The Bertz CT molecular complexity index is 527. The van der Waals surface area contributed by atoms with Crippen molar-refractivity contribution in [2.45, 2.75) is 36.8 Å². The van der Waals surface area contributed by atoms with Crippen LogP contribution in [0.15, 0.2) is 29.2 Å². The first kappa shape index (κ1) is 14.8. The first-order chi connectivity index (χ1) is 7.95. The second kappa shape index (κ2) is 4.46. The van der Waals surface area contributed by atoms with E-state index in [1.807, 2.05) is 0 Å². The van der Waals surface area contributed by atoms with Gasteiger partial charge in [-0.3, -0.25) is 0 Å². The molecule has 0 aromatic heterocycles. The van der Waals surface area contributed by atoms with E-state index in [0.29, 0.717) is 0 Å². The van der Waals surface area contributed by atoms with Crippen LogP contribution >= 0.6 is 0 Å². The van der Waals surface area contributed by atoms with Crippen LogP contribution in [0.25, 0.3) is 0 Å². The number of rotatable bonds is 2. The summed E-state index contributed by atoms with van der Waals surface area (Å²) in [5.74, 6) is -0.708. The molecule has 0 heterocycles. The SMILES string of the molecule is CC(C)(C)S(=O)(=O)c1ccccc1OC(F)(F)F. The third kappa shape index (κ3) is 3.16. The van der Waals surface area contributed by atoms with Crippen LogP contribution in [-0.4, -0.2) is 19.5 Å². The van der Waals surface area contributed by atoms with Crippen LogP contribution in [0.2, 0.25) is 0 Å². The zero-order valence-corrected chi connectivity index (χ0v) is 10.9. The molecule has 0 N–H and O–H groups in total. The highest BCUT2D eigenvalue weighted by Crippen LogP contribution is 2.34. The molecule has 0 spiro atoms. The summed E-state index contributed by atoms with van der Waals surface area (Å²) in [6.45, 7) is 4.23. The maximum absolute atomic E-state index is 12.2. The third-order valence-electron chi connectivity index (χ3n) is 2.17. The molecule has 0 aliphatic heterocycles. The summed E-state index contributed by atoms with van der Waals surface area (Å²) < 4.78 is 63.3. The van der Waals surface area contributed by atoms with E-state index >= 15 is 0 Å². The lowest BCUT2D eigenvalue weighted by molar-refractivity contribution is -0.275. The largest absolute Gasteiger partial charge is 0.573 e. The minimum atomic E-state index is -4.93. The van der Waals surface area contributed by atoms with E-state index in [4.69, 9.17) is 0 Å². The Hall–Kier alpha value is -1.24. The average molecular weight is 282 g/mol. The molecule has 0 unspecified atom stereocenters. The van der Waals surface area contributed by atoms with Crippen molar-refractivity contribution in [1.29, 1.82) is 0 Å².